The van der Waals surface area contributed by atoms with E-state index in [0.29, 0.717) is 23.2 Å². The number of aromatic carboxylic acids is 1. The van der Waals surface area contributed by atoms with Crippen LogP contribution < -0.4 is 10.4 Å². The molecule has 0 amide bonds. The number of benzene rings is 1. The number of hydrogen-bond acceptors (Lipinski definition) is 5. The molecule has 8 heteroatoms. The van der Waals surface area contributed by atoms with Crippen molar-refractivity contribution in [1.29, 1.82) is 0 Å². The maximum absolute atomic E-state index is 11.4. The Hall–Kier alpha value is -2.22. The van der Waals surface area contributed by atoms with Crippen molar-refractivity contribution in [3.63, 3.8) is 0 Å². The fraction of sp³-hybridized carbons (Fsp3) is 0.308. The van der Waals surface area contributed by atoms with E-state index in [4.69, 9.17) is 9.84 Å². The van der Waals surface area contributed by atoms with Gasteiger partial charge in [0.1, 0.15) is 11.3 Å². The van der Waals surface area contributed by atoms with Gasteiger partial charge in [0.05, 0.1) is 7.11 Å². The zero-order valence-corrected chi connectivity index (χ0v) is 12.4. The Balaban J connectivity index is 2.17. The summed E-state index contributed by atoms with van der Waals surface area (Å²) in [6, 6.07) is 4.91. The molecule has 0 aliphatic heterocycles. The van der Waals surface area contributed by atoms with Crippen molar-refractivity contribution >= 4 is 17.7 Å². The van der Waals surface area contributed by atoms with Gasteiger partial charge in [0.2, 0.25) is 0 Å². The van der Waals surface area contributed by atoms with Gasteiger partial charge >= 0.3 is 11.7 Å². The average molecular weight is 309 g/mol. The molecule has 2 aromatic rings. The summed E-state index contributed by atoms with van der Waals surface area (Å²) in [5.41, 5.74) is 0.773. The van der Waals surface area contributed by atoms with E-state index in [2.05, 4.69) is 10.2 Å². The van der Waals surface area contributed by atoms with Crippen molar-refractivity contribution in [1.82, 2.24) is 14.8 Å². The average Bonchev–Trinajstić information content (AvgIpc) is 2.84. The van der Waals surface area contributed by atoms with Gasteiger partial charge in [-0.2, -0.15) is 0 Å². The van der Waals surface area contributed by atoms with E-state index in [1.807, 2.05) is 6.92 Å². The Kier molecular flexibility index (Phi) is 4.69. The Morgan fingerprint density at radius 1 is 1.52 bits per heavy atom. The first kappa shape index (κ1) is 15.2. The Labute approximate surface area is 124 Å². The molecule has 2 rings (SSSR count). The summed E-state index contributed by atoms with van der Waals surface area (Å²) in [6.45, 7) is 2.41. The predicted molar refractivity (Wildman–Crippen MR) is 78.0 cm³/mol. The van der Waals surface area contributed by atoms with Gasteiger partial charge in [0.25, 0.3) is 0 Å². The summed E-state index contributed by atoms with van der Waals surface area (Å²) in [4.78, 5) is 22.5. The molecule has 1 aromatic carbocycles. The maximum atomic E-state index is 11.4. The molecule has 0 saturated heterocycles. The van der Waals surface area contributed by atoms with E-state index in [1.165, 1.54) is 29.5 Å². The number of nitrogens with zero attached hydrogens (tertiary/aromatic N) is 2. The molecule has 0 fully saturated rings. The van der Waals surface area contributed by atoms with E-state index in [1.54, 1.807) is 12.1 Å². The number of aromatic nitrogens is 3. The molecule has 0 bridgehead atoms. The number of H-pyrrole nitrogens is 1. The van der Waals surface area contributed by atoms with Gasteiger partial charge in [-0.15, -0.1) is 5.10 Å². The minimum atomic E-state index is -1.03. The van der Waals surface area contributed by atoms with Gasteiger partial charge < -0.3 is 9.84 Å². The van der Waals surface area contributed by atoms with Crippen molar-refractivity contribution in [2.75, 3.05) is 7.11 Å². The van der Waals surface area contributed by atoms with Crippen LogP contribution in [0.1, 0.15) is 22.8 Å². The summed E-state index contributed by atoms with van der Waals surface area (Å²) in [5.74, 6) is -0.158. The van der Waals surface area contributed by atoms with Crippen LogP contribution in [0.3, 0.4) is 0 Å². The van der Waals surface area contributed by atoms with Gasteiger partial charge in [-0.25, -0.2) is 14.7 Å². The van der Waals surface area contributed by atoms with Crippen molar-refractivity contribution in [3.05, 3.63) is 39.8 Å². The lowest BCUT2D eigenvalue weighted by molar-refractivity contribution is 0.0693. The predicted octanol–water partition coefficient (Wildman–Crippen LogP) is 1.59. The van der Waals surface area contributed by atoms with E-state index >= 15 is 0 Å². The van der Waals surface area contributed by atoms with E-state index in [0.717, 1.165) is 5.56 Å². The number of hydrogen-bond donors (Lipinski definition) is 2. The normalized spacial score (nSPS) is 10.6. The molecule has 0 aliphatic carbocycles. The third-order valence-electron chi connectivity index (χ3n) is 2.90. The van der Waals surface area contributed by atoms with E-state index in [-0.39, 0.29) is 11.3 Å². The summed E-state index contributed by atoms with van der Waals surface area (Å²) in [6.07, 6.45) is 0. The van der Waals surface area contributed by atoms with Crippen LogP contribution in [0, 0.1) is 0 Å². The molecule has 2 N–H and O–H groups in total. The number of methoxy groups -OCH3 is 1. The van der Waals surface area contributed by atoms with Gasteiger partial charge in [-0.05, 0) is 24.6 Å². The van der Waals surface area contributed by atoms with Gasteiger partial charge in [-0.1, -0.05) is 17.8 Å². The van der Waals surface area contributed by atoms with Crippen LogP contribution in [0.2, 0.25) is 0 Å². The molecule has 0 saturated carbocycles. The lowest BCUT2D eigenvalue weighted by Crippen LogP contribution is -2.16. The molecule has 112 valence electrons. The van der Waals surface area contributed by atoms with Crippen LogP contribution in [0.25, 0.3) is 0 Å². The minimum absolute atomic E-state index is 0.122. The first-order valence-electron chi connectivity index (χ1n) is 6.25. The van der Waals surface area contributed by atoms with Crippen molar-refractivity contribution in [2.45, 2.75) is 24.4 Å². The highest BCUT2D eigenvalue weighted by atomic mass is 32.2. The van der Waals surface area contributed by atoms with Gasteiger partial charge in [0.15, 0.2) is 5.16 Å². The second-order valence-corrected chi connectivity index (χ2v) is 5.13. The van der Waals surface area contributed by atoms with Crippen LogP contribution in [0.4, 0.5) is 0 Å². The molecule has 0 atom stereocenters. The smallest absolute Gasteiger partial charge is 0.343 e. The molecule has 7 nitrogen and oxygen atoms in total. The zero-order chi connectivity index (χ0) is 15.4. The quantitative estimate of drug-likeness (QED) is 0.787. The number of rotatable bonds is 6. The molecular formula is C13H15N3O4S. The number of aromatic amines is 1. The molecular weight excluding hydrogens is 294 g/mol. The molecule has 0 radical (unpaired) electrons. The first-order chi connectivity index (χ1) is 10.1. The third kappa shape index (κ3) is 3.27. The number of carboxylic acids is 1. The standard InChI is InChI=1S/C13H15N3O4S/c1-3-16-12(19)14-15-13(16)21-7-8-4-5-9(11(17)18)10(6-8)20-2/h4-6H,3,7H2,1-2H3,(H,14,19)(H,17,18). The number of carboxylic acid groups (broad SMARTS) is 1. The molecule has 0 spiro atoms. The van der Waals surface area contributed by atoms with Crippen LogP contribution in [0.5, 0.6) is 5.75 Å². The fourth-order valence-electron chi connectivity index (χ4n) is 1.84. The number of carbonyl (C=O) groups is 1. The molecule has 0 unspecified atom stereocenters. The highest BCUT2D eigenvalue weighted by Gasteiger charge is 2.12. The highest BCUT2D eigenvalue weighted by Crippen LogP contribution is 2.25. The maximum Gasteiger partial charge on any atom is 0.343 e. The monoisotopic (exact) mass is 309 g/mol. The summed E-state index contributed by atoms with van der Waals surface area (Å²) in [5, 5.41) is 16.0. The number of thioether (sulfide) groups is 1. The summed E-state index contributed by atoms with van der Waals surface area (Å²) >= 11 is 1.40. The number of nitrogens with one attached hydrogen (secondary N) is 1. The van der Waals surface area contributed by atoms with Crippen LogP contribution in [-0.2, 0) is 12.3 Å². The van der Waals surface area contributed by atoms with Crippen molar-refractivity contribution in [2.24, 2.45) is 0 Å². The van der Waals surface area contributed by atoms with Crippen molar-refractivity contribution < 1.29 is 14.6 Å². The Bertz CT molecular complexity index is 708. The summed E-state index contributed by atoms with van der Waals surface area (Å²) in [7, 11) is 1.43. The molecule has 0 aliphatic rings. The van der Waals surface area contributed by atoms with Gasteiger partial charge in [0, 0.05) is 12.3 Å². The zero-order valence-electron chi connectivity index (χ0n) is 11.6. The number of ether oxygens (including phenoxy) is 1. The van der Waals surface area contributed by atoms with Crippen molar-refractivity contribution in [3.8, 4) is 5.75 Å². The van der Waals surface area contributed by atoms with Crippen LogP contribution in [-0.4, -0.2) is 33.0 Å². The SMILES string of the molecule is CCn1c(SCc2ccc(C(=O)O)c(OC)c2)n[nH]c1=O. The molecule has 21 heavy (non-hydrogen) atoms. The largest absolute Gasteiger partial charge is 0.496 e. The summed E-state index contributed by atoms with van der Waals surface area (Å²) < 4.78 is 6.62. The highest BCUT2D eigenvalue weighted by molar-refractivity contribution is 7.98. The Morgan fingerprint density at radius 2 is 2.29 bits per heavy atom. The van der Waals surface area contributed by atoms with Gasteiger partial charge in [-0.3, -0.25) is 4.57 Å². The molecule has 1 aromatic heterocycles. The second kappa shape index (κ2) is 6.49. The van der Waals surface area contributed by atoms with Crippen LogP contribution in [0.15, 0.2) is 28.2 Å². The second-order valence-electron chi connectivity index (χ2n) is 4.18. The van der Waals surface area contributed by atoms with E-state index in [9.17, 15) is 9.59 Å². The fourth-order valence-corrected chi connectivity index (χ4v) is 2.80. The third-order valence-corrected chi connectivity index (χ3v) is 3.95. The van der Waals surface area contributed by atoms with E-state index < -0.39 is 5.97 Å². The lowest BCUT2D eigenvalue weighted by Gasteiger charge is -2.08. The molecule has 1 heterocycles. The topological polar surface area (TPSA) is 97.2 Å². The Morgan fingerprint density at radius 3 is 2.90 bits per heavy atom. The minimum Gasteiger partial charge on any atom is -0.496 e. The first-order valence-corrected chi connectivity index (χ1v) is 7.23. The lowest BCUT2D eigenvalue weighted by atomic mass is 10.1. The van der Waals surface area contributed by atoms with Crippen LogP contribution >= 0.6 is 11.8 Å².